The maximum atomic E-state index is 11.1. The van der Waals surface area contributed by atoms with Crippen LogP contribution in [0.3, 0.4) is 0 Å². The third-order valence-corrected chi connectivity index (χ3v) is 66.5. The minimum atomic E-state index is -3.50. The maximum absolute atomic E-state index is 11.1. The van der Waals surface area contributed by atoms with Crippen LogP contribution in [0, 0.1) is 0 Å². The fraction of sp³-hybridized carbons (Fsp3) is 0. The van der Waals surface area contributed by atoms with E-state index in [1.807, 2.05) is 0 Å². The van der Waals surface area contributed by atoms with Crippen LogP contribution >= 0.6 is 0 Å². The minimum absolute atomic E-state index is 1.22. The zero-order valence-electron chi connectivity index (χ0n) is 3.83. The molecule has 0 aromatic heterocycles. The second-order valence-electron chi connectivity index (χ2n) is 1.50. The summed E-state index contributed by atoms with van der Waals surface area (Å²) < 4.78 is 31.5. The van der Waals surface area contributed by atoms with Crippen LogP contribution in [0.1, 0.15) is 0 Å². The summed E-state index contributed by atoms with van der Waals surface area (Å²) in [5, 5.41) is 0. The molecule has 9 heteroatoms. The van der Waals surface area contributed by atoms with Crippen molar-refractivity contribution in [2.24, 2.45) is 0 Å². The van der Waals surface area contributed by atoms with Gasteiger partial charge in [0.15, 0.2) is 0 Å². The Morgan fingerprint density at radius 2 is 1.78 bits per heavy atom. The van der Waals surface area contributed by atoms with Crippen LogP contribution in [0.15, 0.2) is 0 Å². The van der Waals surface area contributed by atoms with Crippen molar-refractivity contribution in [2.45, 2.75) is 0 Å². The van der Waals surface area contributed by atoms with E-state index in [1.165, 1.54) is 0 Å². The number of hydrogen-bond acceptors (Lipinski definition) is 5. The van der Waals surface area contributed by atoms with Crippen LogP contribution in [0.2, 0.25) is 0 Å². The molecule has 0 saturated carbocycles. The molecule has 3 aliphatic rings. The Morgan fingerprint density at radius 1 is 1.11 bits per heavy atom. The average Bonchev–Trinajstić information content (AvgIpc) is 2.17. The quantitative estimate of drug-likeness (QED) is 0.460. The molecule has 0 N–H and O–H groups in total. The van der Waals surface area contributed by atoms with Crippen molar-refractivity contribution < 1.29 is 14.6 Å². The molecular formula is As4O5. The van der Waals surface area contributed by atoms with Gasteiger partial charge in [0.25, 0.3) is 0 Å². The monoisotopic (exact) mass is 380 g/mol. The second-order valence-corrected chi connectivity index (χ2v) is 37.7. The molecule has 3 heterocycles. The Kier molecular flexibility index (Phi) is 1.27. The molecule has 0 spiro atoms. The first-order valence-electron chi connectivity index (χ1n) is 2.04. The summed E-state index contributed by atoms with van der Waals surface area (Å²) in [7, 11) is -1.22. The average molecular weight is 380 g/mol. The molecule has 3 fully saturated rings. The Hall–Kier alpha value is 1.87. The zero-order valence-corrected chi connectivity index (χ0v) is 11.3. The van der Waals surface area contributed by atoms with Gasteiger partial charge in [0.1, 0.15) is 0 Å². The van der Waals surface area contributed by atoms with Crippen molar-refractivity contribution in [1.82, 2.24) is 0 Å². The van der Waals surface area contributed by atoms with Gasteiger partial charge < -0.3 is 0 Å². The van der Waals surface area contributed by atoms with Gasteiger partial charge in [0.2, 0.25) is 0 Å². The van der Waals surface area contributed by atoms with Gasteiger partial charge in [-0.2, -0.15) is 0 Å². The van der Waals surface area contributed by atoms with E-state index in [1.54, 1.807) is 0 Å². The molecule has 0 aromatic carbocycles. The van der Waals surface area contributed by atoms with Crippen LogP contribution in [0.5, 0.6) is 0 Å². The molecule has 5 nitrogen and oxygen atoms in total. The van der Waals surface area contributed by atoms with Gasteiger partial charge >= 0.3 is 66.5 Å². The van der Waals surface area contributed by atoms with E-state index in [0.29, 0.717) is 0 Å². The molecule has 3 rings (SSSR count). The van der Waals surface area contributed by atoms with Gasteiger partial charge in [-0.3, -0.25) is 0 Å². The Labute approximate surface area is 65.8 Å². The van der Waals surface area contributed by atoms with Crippen LogP contribution in [-0.4, -0.2) is 51.9 Å². The Bertz CT molecular complexity index is 187. The predicted molar refractivity (Wildman–Crippen MR) is 28.0 cm³/mol. The molecule has 0 radical (unpaired) electrons. The first-order chi connectivity index (χ1) is 4.27. The van der Waals surface area contributed by atoms with Gasteiger partial charge in [0, 0.05) is 0 Å². The fourth-order valence-corrected chi connectivity index (χ4v) is 94.2. The molecule has 2 atom stereocenters. The van der Waals surface area contributed by atoms with Crippen molar-refractivity contribution in [1.29, 1.82) is 0 Å². The van der Waals surface area contributed by atoms with E-state index in [0.717, 1.165) is 0 Å². The predicted octanol–water partition coefficient (Wildman–Crippen LogP) is -1.92. The van der Waals surface area contributed by atoms with E-state index >= 15 is 0 Å². The number of hydrogen-bond donors (Lipinski definition) is 0. The first kappa shape index (κ1) is 6.40. The van der Waals surface area contributed by atoms with Crippen LogP contribution in [0.25, 0.3) is 0 Å². The molecule has 2 bridgehead atoms. The van der Waals surface area contributed by atoms with Gasteiger partial charge in [0.05, 0.1) is 0 Å². The Balaban J connectivity index is 2.12. The van der Waals surface area contributed by atoms with Crippen molar-refractivity contribution in [2.75, 3.05) is 0 Å². The van der Waals surface area contributed by atoms with E-state index < -0.39 is 51.9 Å². The third kappa shape index (κ3) is 0.734. The Morgan fingerprint density at radius 3 is 2.00 bits per heavy atom. The summed E-state index contributed by atoms with van der Waals surface area (Å²) in [5.74, 6) is 0. The van der Waals surface area contributed by atoms with E-state index in [-0.39, 0.29) is 0 Å². The summed E-state index contributed by atoms with van der Waals surface area (Å²) in [6, 6.07) is 0. The van der Waals surface area contributed by atoms with E-state index in [4.69, 9.17) is 10.9 Å². The molecule has 3 aliphatic heterocycles. The molecule has 9 heavy (non-hydrogen) atoms. The van der Waals surface area contributed by atoms with Crippen LogP contribution in [-0.2, 0) is 14.6 Å². The van der Waals surface area contributed by atoms with E-state index in [2.05, 4.69) is 0 Å². The molecule has 2 unspecified atom stereocenters. The molecule has 0 aliphatic carbocycles. The van der Waals surface area contributed by atoms with Gasteiger partial charge in [-0.25, -0.2) is 0 Å². The molecule has 3 saturated heterocycles. The summed E-state index contributed by atoms with van der Waals surface area (Å²) in [5.41, 5.74) is 0. The summed E-state index contributed by atoms with van der Waals surface area (Å²) in [6.07, 6.45) is 0. The third-order valence-electron chi connectivity index (χ3n) is 0.932. The van der Waals surface area contributed by atoms with Crippen LogP contribution < -0.4 is 0 Å². The normalized spacial score (nSPS) is 68.2. The number of rotatable bonds is 0. The van der Waals surface area contributed by atoms with Gasteiger partial charge in [-0.15, -0.1) is 0 Å². The zero-order chi connectivity index (χ0) is 6.06. The standard InChI is InChI=1S/As4O5/c5-4-7-1-2(8-4)6-3(1)9-4. The van der Waals surface area contributed by atoms with E-state index in [9.17, 15) is 3.74 Å². The molecule has 50 valence electrons. The molecule has 0 amide bonds. The fourth-order valence-electron chi connectivity index (χ4n) is 0.612. The van der Waals surface area contributed by atoms with Gasteiger partial charge in [-0.1, -0.05) is 0 Å². The topological polar surface area (TPSA) is 54.0 Å². The number of fused-ring (bicyclic) bond motifs is 1. The van der Waals surface area contributed by atoms with Crippen molar-refractivity contribution >= 4 is 51.9 Å². The summed E-state index contributed by atoms with van der Waals surface area (Å²) in [4.78, 5) is 0. The second kappa shape index (κ2) is 1.78. The van der Waals surface area contributed by atoms with Crippen molar-refractivity contribution in [3.05, 3.63) is 0 Å². The SMILES string of the molecule is O=[As]12O[As]3O[As](O1)[As]3O2. The van der Waals surface area contributed by atoms with Crippen molar-refractivity contribution in [3.8, 4) is 0 Å². The van der Waals surface area contributed by atoms with Crippen LogP contribution in [0.4, 0.5) is 0 Å². The molecular weight excluding hydrogens is 380 g/mol. The molecule has 0 aromatic rings. The first-order valence-corrected chi connectivity index (χ1v) is 19.3. The summed E-state index contributed by atoms with van der Waals surface area (Å²) in [6.45, 7) is 0. The van der Waals surface area contributed by atoms with Gasteiger partial charge in [-0.05, 0) is 0 Å². The van der Waals surface area contributed by atoms with Crippen molar-refractivity contribution in [3.63, 3.8) is 0 Å². The summed E-state index contributed by atoms with van der Waals surface area (Å²) >= 11 is -6.44.